The molecule has 8 heteroatoms. The van der Waals surface area contributed by atoms with Crippen molar-refractivity contribution in [1.82, 2.24) is 10.2 Å². The number of nitrogens with zero attached hydrogens (tertiary/aromatic N) is 1. The quantitative estimate of drug-likeness (QED) is 0.774. The fraction of sp³-hybridized carbons (Fsp3) is 0.235. The molecule has 0 bridgehead atoms. The summed E-state index contributed by atoms with van der Waals surface area (Å²) in [5.74, 6) is -0.0841. The molecule has 0 spiro atoms. The molecule has 7 nitrogen and oxygen atoms in total. The Kier molecular flexibility index (Phi) is 5.04. The maximum absolute atomic E-state index is 12.3. The molecule has 0 radical (unpaired) electrons. The third-order valence-corrected chi connectivity index (χ3v) is 4.04. The Labute approximate surface area is 148 Å². The molecule has 1 aromatic heterocycles. The molecule has 25 heavy (non-hydrogen) atoms. The van der Waals surface area contributed by atoms with E-state index in [0.29, 0.717) is 16.5 Å². The molecule has 1 atom stereocenters. The van der Waals surface area contributed by atoms with Gasteiger partial charge in [0.1, 0.15) is 11.8 Å². The molecule has 1 unspecified atom stereocenters. The van der Waals surface area contributed by atoms with Crippen LogP contribution in [0.3, 0.4) is 0 Å². The molecule has 130 valence electrons. The van der Waals surface area contributed by atoms with E-state index in [0.717, 1.165) is 4.90 Å². The summed E-state index contributed by atoms with van der Waals surface area (Å²) in [6.45, 7) is 0.0745. The maximum Gasteiger partial charge on any atom is 0.325 e. The van der Waals surface area contributed by atoms with E-state index in [2.05, 4.69) is 10.6 Å². The standard InChI is InChI=1S/C17H16ClN3O4/c18-11-3-5-12(6-4-11)19-15(22)8-7-14-16(23)21(17(24)20-14)10-13-2-1-9-25-13/h1-6,9,14H,7-8,10H2,(H,19,22)(H,20,24). The number of nitrogens with one attached hydrogen (secondary N) is 2. The number of benzene rings is 1. The monoisotopic (exact) mass is 361 g/mol. The largest absolute Gasteiger partial charge is 0.467 e. The Bertz CT molecular complexity index is 774. The van der Waals surface area contributed by atoms with Crippen LogP contribution in [0.2, 0.25) is 5.02 Å². The van der Waals surface area contributed by atoms with Crippen molar-refractivity contribution < 1.29 is 18.8 Å². The number of carbonyl (C=O) groups is 3. The minimum atomic E-state index is -0.710. The molecular weight excluding hydrogens is 346 g/mol. The van der Waals surface area contributed by atoms with E-state index in [1.807, 2.05) is 0 Å². The summed E-state index contributed by atoms with van der Waals surface area (Å²) >= 11 is 5.79. The molecule has 1 saturated heterocycles. The Balaban J connectivity index is 1.51. The molecule has 1 aliphatic rings. The highest BCUT2D eigenvalue weighted by Crippen LogP contribution is 2.17. The first-order valence-electron chi connectivity index (χ1n) is 7.72. The van der Waals surface area contributed by atoms with Crippen molar-refractivity contribution in [3.63, 3.8) is 0 Å². The average molecular weight is 362 g/mol. The number of hydrogen-bond donors (Lipinski definition) is 2. The van der Waals surface area contributed by atoms with Gasteiger partial charge >= 0.3 is 6.03 Å². The molecule has 3 rings (SSSR count). The van der Waals surface area contributed by atoms with Gasteiger partial charge in [0.2, 0.25) is 5.91 Å². The zero-order chi connectivity index (χ0) is 17.8. The SMILES string of the molecule is O=C(CCC1NC(=O)N(Cc2ccco2)C1=O)Nc1ccc(Cl)cc1. The van der Waals surface area contributed by atoms with E-state index < -0.39 is 12.1 Å². The topological polar surface area (TPSA) is 91.7 Å². The van der Waals surface area contributed by atoms with Gasteiger partial charge in [0.15, 0.2) is 0 Å². The fourth-order valence-electron chi connectivity index (χ4n) is 2.51. The number of furan rings is 1. The van der Waals surface area contributed by atoms with Crippen molar-refractivity contribution >= 4 is 35.1 Å². The Hall–Kier alpha value is -2.80. The van der Waals surface area contributed by atoms with Crippen molar-refractivity contribution in [2.24, 2.45) is 0 Å². The molecule has 1 fully saturated rings. The van der Waals surface area contributed by atoms with Crippen molar-refractivity contribution in [2.45, 2.75) is 25.4 Å². The van der Waals surface area contributed by atoms with Crippen LogP contribution in [0.1, 0.15) is 18.6 Å². The lowest BCUT2D eigenvalue weighted by atomic mass is 10.1. The molecule has 4 amide bonds. The number of urea groups is 1. The average Bonchev–Trinajstić information content (AvgIpc) is 3.19. The summed E-state index contributed by atoms with van der Waals surface area (Å²) in [6.07, 6.45) is 1.80. The second-order valence-electron chi connectivity index (χ2n) is 5.60. The van der Waals surface area contributed by atoms with Crippen LogP contribution >= 0.6 is 11.6 Å². The third kappa shape index (κ3) is 4.19. The van der Waals surface area contributed by atoms with Gasteiger partial charge in [-0.25, -0.2) is 4.79 Å². The van der Waals surface area contributed by atoms with Gasteiger partial charge in [0.05, 0.1) is 12.8 Å². The molecule has 1 aliphatic heterocycles. The summed E-state index contributed by atoms with van der Waals surface area (Å²) < 4.78 is 5.15. The van der Waals surface area contributed by atoms with Crippen LogP contribution < -0.4 is 10.6 Å². The number of anilines is 1. The summed E-state index contributed by atoms with van der Waals surface area (Å²) in [5, 5.41) is 5.89. The Morgan fingerprint density at radius 1 is 1.24 bits per heavy atom. The van der Waals surface area contributed by atoms with Gasteiger partial charge in [-0.1, -0.05) is 11.6 Å². The highest BCUT2D eigenvalue weighted by atomic mass is 35.5. The van der Waals surface area contributed by atoms with Crippen LogP contribution in [-0.2, 0) is 16.1 Å². The first-order chi connectivity index (χ1) is 12.0. The van der Waals surface area contributed by atoms with Gasteiger partial charge in [0.25, 0.3) is 5.91 Å². The van der Waals surface area contributed by atoms with Gasteiger partial charge in [-0.15, -0.1) is 0 Å². The molecule has 0 aliphatic carbocycles. The number of hydrogen-bond acceptors (Lipinski definition) is 4. The van der Waals surface area contributed by atoms with E-state index in [1.165, 1.54) is 6.26 Å². The molecule has 2 N–H and O–H groups in total. The predicted octanol–water partition coefficient (Wildman–Crippen LogP) is 2.77. The van der Waals surface area contributed by atoms with E-state index >= 15 is 0 Å². The Morgan fingerprint density at radius 3 is 2.68 bits per heavy atom. The number of amides is 4. The lowest BCUT2D eigenvalue weighted by Crippen LogP contribution is -2.31. The number of rotatable bonds is 6. The van der Waals surface area contributed by atoms with Gasteiger partial charge in [0, 0.05) is 17.1 Å². The number of halogens is 1. The van der Waals surface area contributed by atoms with Gasteiger partial charge < -0.3 is 15.1 Å². The van der Waals surface area contributed by atoms with Crippen LogP contribution in [0.15, 0.2) is 47.1 Å². The highest BCUT2D eigenvalue weighted by molar-refractivity contribution is 6.30. The first kappa shape index (κ1) is 17.0. The van der Waals surface area contributed by atoms with Gasteiger partial charge in [-0.3, -0.25) is 14.5 Å². The second kappa shape index (κ2) is 7.40. The van der Waals surface area contributed by atoms with E-state index in [-0.39, 0.29) is 31.2 Å². The molecule has 2 aromatic rings. The smallest absolute Gasteiger partial charge is 0.325 e. The van der Waals surface area contributed by atoms with Crippen LogP contribution in [0.25, 0.3) is 0 Å². The van der Waals surface area contributed by atoms with E-state index in [4.69, 9.17) is 16.0 Å². The van der Waals surface area contributed by atoms with Crippen LogP contribution in [0, 0.1) is 0 Å². The van der Waals surface area contributed by atoms with Crippen molar-refractivity contribution in [2.75, 3.05) is 5.32 Å². The van der Waals surface area contributed by atoms with Crippen molar-refractivity contribution in [3.05, 3.63) is 53.4 Å². The minimum absolute atomic E-state index is 0.0745. The fourth-order valence-corrected chi connectivity index (χ4v) is 2.64. The van der Waals surface area contributed by atoms with Crippen molar-refractivity contribution in [1.29, 1.82) is 0 Å². The summed E-state index contributed by atoms with van der Waals surface area (Å²) in [6, 6.07) is 8.90. The minimum Gasteiger partial charge on any atom is -0.467 e. The molecular formula is C17H16ClN3O4. The van der Waals surface area contributed by atoms with Crippen LogP contribution in [0.4, 0.5) is 10.5 Å². The highest BCUT2D eigenvalue weighted by Gasteiger charge is 2.38. The summed E-state index contributed by atoms with van der Waals surface area (Å²) in [7, 11) is 0. The van der Waals surface area contributed by atoms with Gasteiger partial charge in [-0.05, 0) is 42.8 Å². The van der Waals surface area contributed by atoms with E-state index in [9.17, 15) is 14.4 Å². The number of carbonyl (C=O) groups excluding carboxylic acids is 3. The van der Waals surface area contributed by atoms with Crippen LogP contribution in [0.5, 0.6) is 0 Å². The predicted molar refractivity (Wildman–Crippen MR) is 90.9 cm³/mol. The normalized spacial score (nSPS) is 16.8. The lowest BCUT2D eigenvalue weighted by molar-refractivity contribution is -0.128. The maximum atomic E-state index is 12.3. The second-order valence-corrected chi connectivity index (χ2v) is 6.04. The summed E-state index contributed by atoms with van der Waals surface area (Å²) in [4.78, 5) is 37.3. The lowest BCUT2D eigenvalue weighted by Gasteiger charge is -2.11. The zero-order valence-electron chi connectivity index (χ0n) is 13.2. The summed E-state index contributed by atoms with van der Waals surface area (Å²) in [5.41, 5.74) is 0.621. The van der Waals surface area contributed by atoms with E-state index in [1.54, 1.807) is 36.4 Å². The first-order valence-corrected chi connectivity index (χ1v) is 8.10. The molecule has 1 aromatic carbocycles. The number of imide groups is 1. The zero-order valence-corrected chi connectivity index (χ0v) is 14.0. The Morgan fingerprint density at radius 2 is 2.00 bits per heavy atom. The molecule has 0 saturated carbocycles. The van der Waals surface area contributed by atoms with Crippen LogP contribution in [-0.4, -0.2) is 28.8 Å². The van der Waals surface area contributed by atoms with Crippen molar-refractivity contribution in [3.8, 4) is 0 Å². The third-order valence-electron chi connectivity index (χ3n) is 3.79. The van der Waals surface area contributed by atoms with Gasteiger partial charge in [-0.2, -0.15) is 0 Å². The molecule has 2 heterocycles.